The second-order valence-corrected chi connectivity index (χ2v) is 5.71. The lowest BCUT2D eigenvalue weighted by molar-refractivity contribution is 0.213. The molecule has 0 saturated heterocycles. The van der Waals surface area contributed by atoms with E-state index in [0.717, 1.165) is 21.8 Å². The highest BCUT2D eigenvalue weighted by atomic mass is 32.1. The van der Waals surface area contributed by atoms with Crippen LogP contribution in [0, 0.1) is 0 Å². The lowest BCUT2D eigenvalue weighted by atomic mass is 10.2. The summed E-state index contributed by atoms with van der Waals surface area (Å²) in [6.07, 6.45) is 11.0. The van der Waals surface area contributed by atoms with Crippen LogP contribution in [0.15, 0.2) is 72.1 Å². The predicted octanol–water partition coefficient (Wildman–Crippen LogP) is 4.39. The monoisotopic (exact) mass is 350 g/mol. The number of ether oxygens (including phenoxy) is 2. The van der Waals surface area contributed by atoms with Crippen molar-refractivity contribution in [1.82, 2.24) is 9.97 Å². The van der Waals surface area contributed by atoms with Gasteiger partial charge in [0.05, 0.1) is 6.20 Å². The topological polar surface area (TPSA) is 44.2 Å². The van der Waals surface area contributed by atoms with Crippen LogP contribution in [0.3, 0.4) is 0 Å². The summed E-state index contributed by atoms with van der Waals surface area (Å²) in [6, 6.07) is 13.4. The summed E-state index contributed by atoms with van der Waals surface area (Å²) in [5.41, 5.74) is 2.05. The third-order valence-corrected chi connectivity index (χ3v) is 3.75. The number of hydrogen-bond donors (Lipinski definition) is 1. The fourth-order valence-electron chi connectivity index (χ4n) is 2.16. The zero-order valence-electron chi connectivity index (χ0n) is 13.6. The molecule has 0 spiro atoms. The number of pyridine rings is 2. The van der Waals surface area contributed by atoms with Gasteiger partial charge in [0, 0.05) is 23.5 Å². The molecule has 0 bridgehead atoms. The van der Waals surface area contributed by atoms with Crippen molar-refractivity contribution < 1.29 is 9.47 Å². The van der Waals surface area contributed by atoms with E-state index in [0.29, 0.717) is 19.0 Å². The van der Waals surface area contributed by atoms with E-state index < -0.39 is 0 Å². The minimum Gasteiger partial charge on any atom is -0.489 e. The van der Waals surface area contributed by atoms with Gasteiger partial charge in [-0.15, -0.1) is 12.6 Å². The van der Waals surface area contributed by atoms with Crippen LogP contribution < -0.4 is 9.47 Å². The summed E-state index contributed by atoms with van der Waals surface area (Å²) in [6.45, 7) is 0.871. The summed E-state index contributed by atoms with van der Waals surface area (Å²) in [5.74, 6) is 1.46. The van der Waals surface area contributed by atoms with Gasteiger partial charge in [0.15, 0.2) is 0 Å². The second kappa shape index (κ2) is 8.89. The number of hydrogen-bond acceptors (Lipinski definition) is 5. The Morgan fingerprint density at radius 2 is 1.60 bits per heavy atom. The molecule has 5 heteroatoms. The normalized spacial score (nSPS) is 10.8. The Hall–Kier alpha value is -2.79. The molecule has 0 radical (unpaired) electrons. The first-order valence-corrected chi connectivity index (χ1v) is 8.33. The van der Waals surface area contributed by atoms with Crippen molar-refractivity contribution in [1.29, 1.82) is 0 Å². The fourth-order valence-corrected chi connectivity index (χ4v) is 2.39. The Labute approximate surface area is 152 Å². The number of thiol groups is 1. The van der Waals surface area contributed by atoms with Crippen LogP contribution in [0.25, 0.3) is 12.2 Å². The van der Waals surface area contributed by atoms with E-state index in [1.807, 2.05) is 54.6 Å². The summed E-state index contributed by atoms with van der Waals surface area (Å²) >= 11 is 4.35. The van der Waals surface area contributed by atoms with E-state index in [-0.39, 0.29) is 0 Å². The number of rotatable bonds is 7. The van der Waals surface area contributed by atoms with Crippen LogP contribution in [-0.2, 0) is 0 Å². The van der Waals surface area contributed by atoms with Crippen molar-refractivity contribution in [3.05, 3.63) is 78.4 Å². The van der Waals surface area contributed by atoms with Gasteiger partial charge in [-0.2, -0.15) is 0 Å². The molecule has 0 fully saturated rings. The van der Waals surface area contributed by atoms with Gasteiger partial charge in [-0.1, -0.05) is 24.3 Å². The highest BCUT2D eigenvalue weighted by Gasteiger charge is 2.00. The Morgan fingerprint density at radius 1 is 0.840 bits per heavy atom. The van der Waals surface area contributed by atoms with Crippen LogP contribution in [-0.4, -0.2) is 23.2 Å². The molecule has 0 aliphatic heterocycles. The second-order valence-electron chi connectivity index (χ2n) is 5.23. The predicted molar refractivity (Wildman–Crippen MR) is 102 cm³/mol. The van der Waals surface area contributed by atoms with E-state index in [1.165, 1.54) is 0 Å². The number of benzene rings is 1. The first-order valence-electron chi connectivity index (χ1n) is 7.88. The van der Waals surface area contributed by atoms with Crippen LogP contribution in [0.2, 0.25) is 0 Å². The molecule has 3 rings (SSSR count). The zero-order chi connectivity index (χ0) is 17.3. The van der Waals surface area contributed by atoms with Crippen molar-refractivity contribution in [2.45, 2.75) is 4.90 Å². The summed E-state index contributed by atoms with van der Waals surface area (Å²) in [4.78, 5) is 9.02. The first kappa shape index (κ1) is 17.0. The number of para-hydroxylation sites is 1. The van der Waals surface area contributed by atoms with E-state index >= 15 is 0 Å². The largest absolute Gasteiger partial charge is 0.489 e. The standard InChI is InChI=1S/C20H18N2O2S/c25-20-4-2-1-3-19(20)24-12-11-23-18-13-17(14-22-15-18)6-5-16-7-9-21-10-8-16/h1-10,13-15,25H,11-12H2. The molecule has 0 amide bonds. The Balaban J connectivity index is 1.52. The molecule has 2 aromatic heterocycles. The fraction of sp³-hybridized carbons (Fsp3) is 0.100. The van der Waals surface area contributed by atoms with Gasteiger partial charge in [-0.05, 0) is 41.5 Å². The van der Waals surface area contributed by atoms with Crippen molar-refractivity contribution in [3.8, 4) is 11.5 Å². The van der Waals surface area contributed by atoms with Crippen molar-refractivity contribution in [3.63, 3.8) is 0 Å². The van der Waals surface area contributed by atoms with Gasteiger partial charge in [0.25, 0.3) is 0 Å². The summed E-state index contributed by atoms with van der Waals surface area (Å²) in [7, 11) is 0. The first-order chi connectivity index (χ1) is 12.3. The lowest BCUT2D eigenvalue weighted by Crippen LogP contribution is -2.09. The van der Waals surface area contributed by atoms with Crippen LogP contribution in [0.4, 0.5) is 0 Å². The Kier molecular flexibility index (Phi) is 6.06. The summed E-state index contributed by atoms with van der Waals surface area (Å²) < 4.78 is 11.4. The van der Waals surface area contributed by atoms with Gasteiger partial charge < -0.3 is 9.47 Å². The smallest absolute Gasteiger partial charge is 0.138 e. The molecule has 3 aromatic rings. The zero-order valence-corrected chi connectivity index (χ0v) is 14.5. The highest BCUT2D eigenvalue weighted by molar-refractivity contribution is 7.80. The number of nitrogens with zero attached hydrogens (tertiary/aromatic N) is 2. The molecule has 126 valence electrons. The molecule has 0 aliphatic carbocycles. The number of aromatic nitrogens is 2. The Morgan fingerprint density at radius 3 is 2.44 bits per heavy atom. The highest BCUT2D eigenvalue weighted by Crippen LogP contribution is 2.21. The van der Waals surface area contributed by atoms with Crippen LogP contribution in [0.1, 0.15) is 11.1 Å². The van der Waals surface area contributed by atoms with Crippen molar-refractivity contribution >= 4 is 24.8 Å². The maximum absolute atomic E-state index is 5.70. The molecular weight excluding hydrogens is 332 g/mol. The minimum atomic E-state index is 0.432. The van der Waals surface area contributed by atoms with Gasteiger partial charge in [0.1, 0.15) is 24.7 Å². The van der Waals surface area contributed by atoms with Gasteiger partial charge >= 0.3 is 0 Å². The lowest BCUT2D eigenvalue weighted by Gasteiger charge is -2.09. The van der Waals surface area contributed by atoms with Crippen LogP contribution in [0.5, 0.6) is 11.5 Å². The van der Waals surface area contributed by atoms with Gasteiger partial charge in [0.2, 0.25) is 0 Å². The third-order valence-electron chi connectivity index (χ3n) is 3.38. The Bertz CT molecular complexity index is 838. The van der Waals surface area contributed by atoms with Gasteiger partial charge in [-0.25, -0.2) is 0 Å². The maximum atomic E-state index is 5.70. The SMILES string of the molecule is Sc1ccccc1OCCOc1cncc(C=Cc2ccncc2)c1. The van der Waals surface area contributed by atoms with E-state index in [2.05, 4.69) is 22.6 Å². The van der Waals surface area contributed by atoms with Crippen molar-refractivity contribution in [2.24, 2.45) is 0 Å². The van der Waals surface area contributed by atoms with E-state index in [4.69, 9.17) is 9.47 Å². The molecule has 1 aromatic carbocycles. The van der Waals surface area contributed by atoms with E-state index in [1.54, 1.807) is 24.8 Å². The van der Waals surface area contributed by atoms with Gasteiger partial charge in [-0.3, -0.25) is 9.97 Å². The minimum absolute atomic E-state index is 0.432. The molecule has 0 saturated carbocycles. The third kappa shape index (κ3) is 5.36. The molecule has 25 heavy (non-hydrogen) atoms. The maximum Gasteiger partial charge on any atom is 0.138 e. The molecule has 0 aliphatic rings. The van der Waals surface area contributed by atoms with Crippen molar-refractivity contribution in [2.75, 3.05) is 13.2 Å². The molecule has 0 N–H and O–H groups in total. The average Bonchev–Trinajstić information content (AvgIpc) is 2.66. The van der Waals surface area contributed by atoms with E-state index in [9.17, 15) is 0 Å². The quantitative estimate of drug-likeness (QED) is 0.507. The molecule has 0 unspecified atom stereocenters. The molecule has 2 heterocycles. The molecule has 4 nitrogen and oxygen atoms in total. The molecule has 0 atom stereocenters. The summed E-state index contributed by atoms with van der Waals surface area (Å²) in [5, 5.41) is 0. The average molecular weight is 350 g/mol. The molecular formula is C20H18N2O2S. The van der Waals surface area contributed by atoms with Crippen LogP contribution >= 0.6 is 12.6 Å².